The van der Waals surface area contributed by atoms with Crippen molar-refractivity contribution < 1.29 is 19.2 Å². The van der Waals surface area contributed by atoms with Crippen molar-refractivity contribution in [1.82, 2.24) is 5.32 Å². The van der Waals surface area contributed by atoms with Crippen LogP contribution < -0.4 is 5.32 Å². The number of nitrogens with zero attached hydrogens (tertiary/aromatic N) is 1. The molecule has 9 heteroatoms. The number of nitrogens with one attached hydrogen (secondary N) is 1. The van der Waals surface area contributed by atoms with Crippen molar-refractivity contribution in [2.45, 2.75) is 30.2 Å². The SMILES string of the molecule is Cc1ccc([C@@H]2OC[C@H](NC(=O)C(Cl)Cl)[C@H](c3ccc([N+](=O)[O-])cc3)O2)cc1. The highest BCUT2D eigenvalue weighted by Gasteiger charge is 2.35. The molecule has 0 radical (unpaired) electrons. The van der Waals surface area contributed by atoms with Crippen LogP contribution in [0, 0.1) is 17.0 Å². The molecule has 3 rings (SSSR count). The topological polar surface area (TPSA) is 90.7 Å². The molecular weight excluding hydrogens is 407 g/mol. The van der Waals surface area contributed by atoms with Gasteiger partial charge in [-0.05, 0) is 24.6 Å². The maximum Gasteiger partial charge on any atom is 0.269 e. The minimum atomic E-state index is -1.23. The minimum absolute atomic E-state index is 0.0342. The van der Waals surface area contributed by atoms with Crippen LogP contribution in [-0.2, 0) is 14.3 Å². The van der Waals surface area contributed by atoms with Gasteiger partial charge in [-0.25, -0.2) is 0 Å². The van der Waals surface area contributed by atoms with E-state index in [1.54, 1.807) is 12.1 Å². The van der Waals surface area contributed by atoms with Crippen molar-refractivity contribution in [1.29, 1.82) is 0 Å². The fraction of sp³-hybridized carbons (Fsp3) is 0.316. The molecule has 1 amide bonds. The van der Waals surface area contributed by atoms with E-state index in [9.17, 15) is 14.9 Å². The highest BCUT2D eigenvalue weighted by Crippen LogP contribution is 2.35. The van der Waals surface area contributed by atoms with Crippen LogP contribution in [0.25, 0.3) is 0 Å². The summed E-state index contributed by atoms with van der Waals surface area (Å²) in [5.41, 5.74) is 2.56. The summed E-state index contributed by atoms with van der Waals surface area (Å²) in [5.74, 6) is -0.568. The molecule has 1 aliphatic rings. The lowest BCUT2D eigenvalue weighted by atomic mass is 10.0. The number of ether oxygens (including phenoxy) is 2. The Balaban J connectivity index is 1.86. The first-order chi connectivity index (χ1) is 13.3. The molecule has 7 nitrogen and oxygen atoms in total. The van der Waals surface area contributed by atoms with E-state index < -0.39 is 34.1 Å². The Morgan fingerprint density at radius 1 is 1.14 bits per heavy atom. The number of benzene rings is 2. The number of amides is 1. The van der Waals surface area contributed by atoms with Crippen LogP contribution in [-0.4, -0.2) is 28.3 Å². The molecule has 2 aromatic carbocycles. The second-order valence-electron chi connectivity index (χ2n) is 6.40. The highest BCUT2D eigenvalue weighted by molar-refractivity contribution is 6.53. The molecular formula is C19H18Cl2N2O5. The van der Waals surface area contributed by atoms with Gasteiger partial charge in [-0.15, -0.1) is 0 Å². The summed E-state index contributed by atoms with van der Waals surface area (Å²) in [6.07, 6.45) is -1.24. The van der Waals surface area contributed by atoms with Gasteiger partial charge in [-0.3, -0.25) is 14.9 Å². The quantitative estimate of drug-likeness (QED) is 0.445. The number of nitro groups is 1. The number of halogens is 2. The molecule has 0 saturated carbocycles. The van der Waals surface area contributed by atoms with E-state index >= 15 is 0 Å². The number of aryl methyl sites for hydroxylation is 1. The van der Waals surface area contributed by atoms with Crippen LogP contribution in [0.1, 0.15) is 29.1 Å². The van der Waals surface area contributed by atoms with Crippen molar-refractivity contribution in [3.63, 3.8) is 0 Å². The third kappa shape index (κ3) is 4.80. The molecule has 0 bridgehead atoms. The Kier molecular flexibility index (Phi) is 6.51. The van der Waals surface area contributed by atoms with Crippen LogP contribution in [0.4, 0.5) is 5.69 Å². The predicted molar refractivity (Wildman–Crippen MR) is 104 cm³/mol. The summed E-state index contributed by atoms with van der Waals surface area (Å²) >= 11 is 11.3. The zero-order valence-electron chi connectivity index (χ0n) is 14.9. The van der Waals surface area contributed by atoms with Crippen molar-refractivity contribution in [3.8, 4) is 0 Å². The maximum atomic E-state index is 11.9. The first kappa shape index (κ1) is 20.5. The predicted octanol–water partition coefficient (Wildman–Crippen LogP) is 3.98. The van der Waals surface area contributed by atoms with Gasteiger partial charge in [0, 0.05) is 17.7 Å². The Bertz CT molecular complexity index is 842. The summed E-state index contributed by atoms with van der Waals surface area (Å²) in [5, 5.41) is 13.6. The van der Waals surface area contributed by atoms with E-state index in [0.29, 0.717) is 5.56 Å². The number of alkyl halides is 2. The van der Waals surface area contributed by atoms with Gasteiger partial charge in [0.25, 0.3) is 11.6 Å². The van der Waals surface area contributed by atoms with Crippen LogP contribution in [0.5, 0.6) is 0 Å². The molecule has 2 aromatic rings. The molecule has 1 aliphatic heterocycles. The number of hydrogen-bond donors (Lipinski definition) is 1. The highest BCUT2D eigenvalue weighted by atomic mass is 35.5. The van der Waals surface area contributed by atoms with E-state index in [0.717, 1.165) is 11.1 Å². The largest absolute Gasteiger partial charge is 0.346 e. The van der Waals surface area contributed by atoms with Crippen LogP contribution >= 0.6 is 23.2 Å². The fourth-order valence-electron chi connectivity index (χ4n) is 2.90. The Morgan fingerprint density at radius 2 is 1.75 bits per heavy atom. The monoisotopic (exact) mass is 424 g/mol. The Hall–Kier alpha value is -2.19. The van der Waals surface area contributed by atoms with E-state index in [-0.39, 0.29) is 12.3 Å². The molecule has 1 saturated heterocycles. The molecule has 1 fully saturated rings. The summed E-state index contributed by atoms with van der Waals surface area (Å²) in [7, 11) is 0. The lowest BCUT2D eigenvalue weighted by Gasteiger charge is -2.37. The van der Waals surface area contributed by atoms with Gasteiger partial charge < -0.3 is 14.8 Å². The number of rotatable bonds is 5. The second kappa shape index (κ2) is 8.87. The number of carbonyl (C=O) groups is 1. The zero-order valence-corrected chi connectivity index (χ0v) is 16.4. The van der Waals surface area contributed by atoms with E-state index in [4.69, 9.17) is 32.7 Å². The molecule has 1 heterocycles. The Morgan fingerprint density at radius 3 is 2.32 bits per heavy atom. The van der Waals surface area contributed by atoms with Gasteiger partial charge in [-0.2, -0.15) is 0 Å². The molecule has 0 unspecified atom stereocenters. The lowest BCUT2D eigenvalue weighted by molar-refractivity contribution is -0.384. The summed E-state index contributed by atoms with van der Waals surface area (Å²) in [4.78, 5) is 21.1. The number of nitro benzene ring substituents is 1. The first-order valence-electron chi connectivity index (χ1n) is 8.51. The fourth-order valence-corrected chi connectivity index (χ4v) is 3.03. The lowest BCUT2D eigenvalue weighted by Crippen LogP contribution is -2.48. The third-order valence-electron chi connectivity index (χ3n) is 4.37. The zero-order chi connectivity index (χ0) is 20.3. The van der Waals surface area contributed by atoms with Gasteiger partial charge in [-0.1, -0.05) is 53.0 Å². The van der Waals surface area contributed by atoms with Gasteiger partial charge in [0.05, 0.1) is 17.6 Å². The Labute approximate surface area is 171 Å². The van der Waals surface area contributed by atoms with Gasteiger partial charge in [0.1, 0.15) is 6.10 Å². The third-order valence-corrected chi connectivity index (χ3v) is 4.77. The number of hydrogen-bond acceptors (Lipinski definition) is 5. The van der Waals surface area contributed by atoms with Crippen molar-refractivity contribution in [2.24, 2.45) is 0 Å². The summed E-state index contributed by atoms with van der Waals surface area (Å²) < 4.78 is 11.9. The molecule has 3 atom stereocenters. The number of non-ortho nitro benzene ring substituents is 1. The molecule has 28 heavy (non-hydrogen) atoms. The first-order valence-corrected chi connectivity index (χ1v) is 9.39. The van der Waals surface area contributed by atoms with Crippen LogP contribution in [0.2, 0.25) is 0 Å². The normalized spacial score (nSPS) is 22.1. The van der Waals surface area contributed by atoms with Crippen LogP contribution in [0.15, 0.2) is 48.5 Å². The molecule has 0 spiro atoms. The van der Waals surface area contributed by atoms with Crippen molar-refractivity contribution >= 4 is 34.8 Å². The van der Waals surface area contributed by atoms with E-state index in [1.807, 2.05) is 31.2 Å². The molecule has 0 aromatic heterocycles. The summed E-state index contributed by atoms with van der Waals surface area (Å²) in [6.45, 7) is 2.14. The smallest absolute Gasteiger partial charge is 0.269 e. The van der Waals surface area contributed by atoms with E-state index in [1.165, 1.54) is 12.1 Å². The summed E-state index contributed by atoms with van der Waals surface area (Å²) in [6, 6.07) is 13.1. The van der Waals surface area contributed by atoms with E-state index in [2.05, 4.69) is 5.32 Å². The molecule has 0 aliphatic carbocycles. The standard InChI is InChI=1S/C19H18Cl2N2O5/c1-11-2-4-13(5-3-11)19-27-10-15(22-18(24)17(20)21)16(28-19)12-6-8-14(9-7-12)23(25)26/h2-9,15-17,19H,10H2,1H3,(H,22,24)/t15-,16-,19+/m0/s1. The van der Waals surface area contributed by atoms with Crippen molar-refractivity contribution in [3.05, 3.63) is 75.3 Å². The average molecular weight is 425 g/mol. The van der Waals surface area contributed by atoms with Gasteiger partial charge in [0.2, 0.25) is 0 Å². The van der Waals surface area contributed by atoms with Crippen molar-refractivity contribution in [2.75, 3.05) is 6.61 Å². The second-order valence-corrected chi connectivity index (χ2v) is 7.49. The van der Waals surface area contributed by atoms with Gasteiger partial charge >= 0.3 is 0 Å². The number of carbonyl (C=O) groups excluding carboxylic acids is 1. The maximum absolute atomic E-state index is 11.9. The van der Waals surface area contributed by atoms with Gasteiger partial charge in [0.15, 0.2) is 11.1 Å². The average Bonchev–Trinajstić information content (AvgIpc) is 2.69. The molecule has 148 valence electrons. The van der Waals surface area contributed by atoms with Crippen LogP contribution in [0.3, 0.4) is 0 Å². The minimum Gasteiger partial charge on any atom is -0.346 e. The molecule has 1 N–H and O–H groups in total.